The summed E-state index contributed by atoms with van der Waals surface area (Å²) in [5.74, 6) is 0.485. The number of nitrogens with zero attached hydrogens (tertiary/aromatic N) is 3. The number of amides is 1. The lowest BCUT2D eigenvalue weighted by Gasteiger charge is -2.34. The zero-order valence-corrected chi connectivity index (χ0v) is 17.7. The Morgan fingerprint density at radius 3 is 2.46 bits per heavy atom. The van der Waals surface area contributed by atoms with E-state index in [2.05, 4.69) is 16.4 Å². The highest BCUT2D eigenvalue weighted by molar-refractivity contribution is 5.95. The van der Waals surface area contributed by atoms with E-state index in [1.807, 2.05) is 11.8 Å². The molecule has 156 valence electrons. The van der Waals surface area contributed by atoms with Crippen LogP contribution in [0.25, 0.3) is 0 Å². The molecule has 1 aromatic rings. The number of piperazine rings is 1. The first-order valence-electron chi connectivity index (χ1n) is 10.8. The van der Waals surface area contributed by atoms with E-state index in [4.69, 9.17) is 4.74 Å². The number of hydrogen-bond acceptors (Lipinski definition) is 4. The maximum Gasteiger partial charge on any atom is 0.259 e. The van der Waals surface area contributed by atoms with Crippen molar-refractivity contribution in [2.45, 2.75) is 52.5 Å². The highest BCUT2D eigenvalue weighted by Crippen LogP contribution is 2.29. The molecule has 0 unspecified atom stereocenters. The maximum atomic E-state index is 13.4. The molecule has 0 N–H and O–H groups in total. The summed E-state index contributed by atoms with van der Waals surface area (Å²) < 4.78 is 7.45. The van der Waals surface area contributed by atoms with Gasteiger partial charge < -0.3 is 19.1 Å². The minimum Gasteiger partial charge on any atom is -0.383 e. The number of likely N-dealkylation sites (N-methyl/N-ethyl adjacent to an activating group) is 1. The molecule has 28 heavy (non-hydrogen) atoms. The van der Waals surface area contributed by atoms with Crippen molar-refractivity contribution in [3.8, 4) is 0 Å². The quantitative estimate of drug-likeness (QED) is 0.718. The van der Waals surface area contributed by atoms with Crippen LogP contribution in [0.3, 0.4) is 0 Å². The fraction of sp³-hybridized carbons (Fsp3) is 0.727. The number of carbonyl (C=O) groups excluding carboxylic acids is 1. The number of aryl methyl sites for hydroxylation is 1. The Bertz CT molecular complexity index is 729. The van der Waals surface area contributed by atoms with Gasteiger partial charge in [-0.25, -0.2) is 0 Å². The Labute approximate surface area is 168 Å². The van der Waals surface area contributed by atoms with Crippen molar-refractivity contribution in [3.05, 3.63) is 33.2 Å². The third-order valence-electron chi connectivity index (χ3n) is 6.42. The van der Waals surface area contributed by atoms with Gasteiger partial charge in [0.1, 0.15) is 5.56 Å². The number of hydrogen-bond donors (Lipinski definition) is 0. The standard InChI is InChI=1S/C22H35N3O3/c1-4-23-9-11-24(12-10-23)22(27)21-19(16-18-7-5-6-8-18)25(13-14-28-3)17(2)15-20(21)26/h15,18H,4-14,16H2,1-3H3. The highest BCUT2D eigenvalue weighted by Gasteiger charge is 2.29. The summed E-state index contributed by atoms with van der Waals surface area (Å²) >= 11 is 0. The summed E-state index contributed by atoms with van der Waals surface area (Å²) in [5.41, 5.74) is 2.12. The Balaban J connectivity index is 1.95. The monoisotopic (exact) mass is 389 g/mol. The zero-order valence-electron chi connectivity index (χ0n) is 17.7. The number of carbonyl (C=O) groups is 1. The van der Waals surface area contributed by atoms with Gasteiger partial charge in [-0.3, -0.25) is 9.59 Å². The van der Waals surface area contributed by atoms with E-state index in [1.54, 1.807) is 13.2 Å². The maximum absolute atomic E-state index is 13.4. The molecule has 1 aliphatic carbocycles. The van der Waals surface area contributed by atoms with Crippen molar-refractivity contribution < 1.29 is 9.53 Å². The molecule has 1 amide bonds. The third kappa shape index (κ3) is 4.66. The minimum atomic E-state index is -0.123. The van der Waals surface area contributed by atoms with Crippen LogP contribution in [0.2, 0.25) is 0 Å². The third-order valence-corrected chi connectivity index (χ3v) is 6.42. The van der Waals surface area contributed by atoms with Gasteiger partial charge in [0.2, 0.25) is 0 Å². The van der Waals surface area contributed by atoms with Crippen LogP contribution in [-0.4, -0.2) is 66.7 Å². The summed E-state index contributed by atoms with van der Waals surface area (Å²) in [6, 6.07) is 1.63. The van der Waals surface area contributed by atoms with Crippen molar-refractivity contribution >= 4 is 5.91 Å². The lowest BCUT2D eigenvalue weighted by Crippen LogP contribution is -2.49. The second kappa shape index (κ2) is 9.70. The molecular formula is C22H35N3O3. The lowest BCUT2D eigenvalue weighted by atomic mass is 9.96. The van der Waals surface area contributed by atoms with Gasteiger partial charge in [0, 0.05) is 57.3 Å². The number of methoxy groups -OCH3 is 1. The molecule has 0 radical (unpaired) electrons. The average Bonchev–Trinajstić information content (AvgIpc) is 3.20. The largest absolute Gasteiger partial charge is 0.383 e. The van der Waals surface area contributed by atoms with Gasteiger partial charge in [0.15, 0.2) is 5.43 Å². The summed E-state index contributed by atoms with van der Waals surface area (Å²) in [4.78, 5) is 30.6. The Morgan fingerprint density at radius 1 is 1.18 bits per heavy atom. The predicted molar refractivity (Wildman–Crippen MR) is 111 cm³/mol. The Morgan fingerprint density at radius 2 is 1.86 bits per heavy atom. The van der Waals surface area contributed by atoms with E-state index >= 15 is 0 Å². The van der Waals surface area contributed by atoms with Gasteiger partial charge >= 0.3 is 0 Å². The van der Waals surface area contributed by atoms with Crippen LogP contribution in [0.1, 0.15) is 54.4 Å². The zero-order chi connectivity index (χ0) is 20.1. The summed E-state index contributed by atoms with van der Waals surface area (Å²) in [6.07, 6.45) is 5.70. The van der Waals surface area contributed by atoms with E-state index < -0.39 is 0 Å². The molecule has 1 saturated carbocycles. The van der Waals surface area contributed by atoms with Crippen LogP contribution in [0.15, 0.2) is 10.9 Å². The van der Waals surface area contributed by atoms with E-state index in [1.165, 1.54) is 25.7 Å². The first-order valence-corrected chi connectivity index (χ1v) is 10.8. The van der Waals surface area contributed by atoms with Crippen molar-refractivity contribution in [1.82, 2.24) is 14.4 Å². The SMILES string of the molecule is CCN1CCN(C(=O)c2c(CC3CCCC3)n(CCOC)c(C)cc2=O)CC1. The topological polar surface area (TPSA) is 54.8 Å². The van der Waals surface area contributed by atoms with Gasteiger partial charge in [-0.15, -0.1) is 0 Å². The Hall–Kier alpha value is -1.66. The smallest absolute Gasteiger partial charge is 0.259 e. The molecule has 3 rings (SSSR count). The lowest BCUT2D eigenvalue weighted by molar-refractivity contribution is 0.0639. The molecule has 6 heteroatoms. The molecule has 0 aromatic carbocycles. The van der Waals surface area contributed by atoms with Crippen LogP contribution in [-0.2, 0) is 17.7 Å². The van der Waals surface area contributed by atoms with Gasteiger partial charge in [-0.2, -0.15) is 0 Å². The van der Waals surface area contributed by atoms with E-state index in [0.29, 0.717) is 37.7 Å². The van der Waals surface area contributed by atoms with Crippen molar-refractivity contribution in [1.29, 1.82) is 0 Å². The number of aromatic nitrogens is 1. The summed E-state index contributed by atoms with van der Waals surface area (Å²) in [6.45, 7) is 9.51. The van der Waals surface area contributed by atoms with E-state index in [-0.39, 0.29) is 11.3 Å². The van der Waals surface area contributed by atoms with Crippen LogP contribution < -0.4 is 5.43 Å². The van der Waals surface area contributed by atoms with Crippen molar-refractivity contribution in [3.63, 3.8) is 0 Å². The fourth-order valence-electron chi connectivity index (χ4n) is 4.68. The first-order chi connectivity index (χ1) is 13.5. The van der Waals surface area contributed by atoms with E-state index in [0.717, 1.165) is 37.4 Å². The second-order valence-corrected chi connectivity index (χ2v) is 8.20. The molecule has 0 atom stereocenters. The molecule has 2 fully saturated rings. The molecular weight excluding hydrogens is 354 g/mol. The highest BCUT2D eigenvalue weighted by atomic mass is 16.5. The first kappa shape index (κ1) is 21.1. The number of pyridine rings is 1. The van der Waals surface area contributed by atoms with Crippen LogP contribution in [0.4, 0.5) is 0 Å². The average molecular weight is 390 g/mol. The minimum absolute atomic E-state index is 0.0834. The normalized spacial score (nSPS) is 18.8. The molecule has 2 aliphatic rings. The molecule has 0 spiro atoms. The van der Waals surface area contributed by atoms with Gasteiger partial charge in [-0.05, 0) is 25.8 Å². The molecule has 0 bridgehead atoms. The number of ether oxygens (including phenoxy) is 1. The van der Waals surface area contributed by atoms with Gasteiger partial charge in [-0.1, -0.05) is 32.6 Å². The molecule has 1 saturated heterocycles. The molecule has 1 aromatic heterocycles. The van der Waals surface area contributed by atoms with Crippen LogP contribution >= 0.6 is 0 Å². The van der Waals surface area contributed by atoms with Gasteiger partial charge in [0.05, 0.1) is 6.61 Å². The molecule has 6 nitrogen and oxygen atoms in total. The fourth-order valence-corrected chi connectivity index (χ4v) is 4.68. The summed E-state index contributed by atoms with van der Waals surface area (Å²) in [5, 5.41) is 0. The van der Waals surface area contributed by atoms with Crippen LogP contribution in [0, 0.1) is 12.8 Å². The van der Waals surface area contributed by atoms with Crippen LogP contribution in [0.5, 0.6) is 0 Å². The molecule has 1 aliphatic heterocycles. The second-order valence-electron chi connectivity index (χ2n) is 8.20. The van der Waals surface area contributed by atoms with Crippen molar-refractivity contribution in [2.24, 2.45) is 5.92 Å². The van der Waals surface area contributed by atoms with Crippen molar-refractivity contribution in [2.75, 3.05) is 46.4 Å². The number of rotatable bonds is 7. The van der Waals surface area contributed by atoms with E-state index in [9.17, 15) is 9.59 Å². The Kier molecular flexibility index (Phi) is 7.30. The predicted octanol–water partition coefficient (Wildman–Crippen LogP) is 2.31. The van der Waals surface area contributed by atoms with Gasteiger partial charge in [0.25, 0.3) is 5.91 Å². The molecule has 2 heterocycles. The summed E-state index contributed by atoms with van der Waals surface area (Å²) in [7, 11) is 1.69.